The fourth-order valence-corrected chi connectivity index (χ4v) is 6.02. The zero-order valence-corrected chi connectivity index (χ0v) is 15.9. The van der Waals surface area contributed by atoms with E-state index in [0.29, 0.717) is 22.9 Å². The van der Waals surface area contributed by atoms with Crippen molar-refractivity contribution in [3.63, 3.8) is 0 Å². The van der Waals surface area contributed by atoms with Crippen LogP contribution >= 0.6 is 12.2 Å². The summed E-state index contributed by atoms with van der Waals surface area (Å²) in [5, 5.41) is 8.29. The Morgan fingerprint density at radius 1 is 1.00 bits per heavy atom. The van der Waals surface area contributed by atoms with Crippen LogP contribution in [-0.4, -0.2) is 17.2 Å². The van der Waals surface area contributed by atoms with Crippen molar-refractivity contribution in [1.82, 2.24) is 10.6 Å². The van der Waals surface area contributed by atoms with Gasteiger partial charge in [-0.1, -0.05) is 41.0 Å². The van der Waals surface area contributed by atoms with Gasteiger partial charge in [-0.15, -0.1) is 0 Å². The van der Waals surface area contributed by atoms with Crippen molar-refractivity contribution in [3.8, 4) is 0 Å². The van der Waals surface area contributed by atoms with E-state index in [4.69, 9.17) is 12.2 Å². The van der Waals surface area contributed by atoms with Gasteiger partial charge in [-0.05, 0) is 72.9 Å². The molecule has 5 unspecified atom stereocenters. The standard InChI is InChI=1S/C19H34N2S/c1-12-7-6-8-13(2)16(12)21-17(22)20-15-11-14-9-10-19(15,5)18(14,3)4/h12-16H,6-11H2,1-5H3,(H2,20,21,22). The molecule has 0 heterocycles. The van der Waals surface area contributed by atoms with E-state index in [1.54, 1.807) is 0 Å². The van der Waals surface area contributed by atoms with Gasteiger partial charge in [-0.2, -0.15) is 0 Å². The molecule has 22 heavy (non-hydrogen) atoms. The summed E-state index contributed by atoms with van der Waals surface area (Å²) >= 11 is 5.70. The summed E-state index contributed by atoms with van der Waals surface area (Å²) in [6.45, 7) is 12.2. The van der Waals surface area contributed by atoms with Crippen LogP contribution < -0.4 is 10.6 Å². The zero-order valence-electron chi connectivity index (χ0n) is 15.0. The Morgan fingerprint density at radius 3 is 2.14 bits per heavy atom. The maximum Gasteiger partial charge on any atom is 0.166 e. The zero-order chi connectivity index (χ0) is 16.1. The van der Waals surface area contributed by atoms with Crippen molar-refractivity contribution in [2.75, 3.05) is 0 Å². The predicted molar refractivity (Wildman–Crippen MR) is 97.9 cm³/mol. The largest absolute Gasteiger partial charge is 0.359 e. The van der Waals surface area contributed by atoms with E-state index in [1.807, 2.05) is 0 Å². The second-order valence-electron chi connectivity index (χ2n) is 9.19. The van der Waals surface area contributed by atoms with Crippen LogP contribution in [0.25, 0.3) is 0 Å². The van der Waals surface area contributed by atoms with E-state index in [0.717, 1.165) is 22.9 Å². The highest BCUT2D eigenvalue weighted by Crippen LogP contribution is 2.65. The summed E-state index contributed by atoms with van der Waals surface area (Å²) in [6.07, 6.45) is 8.08. The molecule has 0 aromatic carbocycles. The number of thiocarbonyl (C=S) groups is 1. The first-order valence-corrected chi connectivity index (χ1v) is 9.73. The van der Waals surface area contributed by atoms with Gasteiger partial charge in [0.25, 0.3) is 0 Å². The van der Waals surface area contributed by atoms with Crippen molar-refractivity contribution in [2.24, 2.45) is 28.6 Å². The molecule has 2 nitrogen and oxygen atoms in total. The molecule has 3 saturated carbocycles. The highest BCUT2D eigenvalue weighted by Gasteiger charge is 2.61. The number of fused-ring (bicyclic) bond motifs is 2. The summed E-state index contributed by atoms with van der Waals surface area (Å²) in [4.78, 5) is 0. The lowest BCUT2D eigenvalue weighted by Crippen LogP contribution is -2.54. The Morgan fingerprint density at radius 2 is 1.64 bits per heavy atom. The van der Waals surface area contributed by atoms with E-state index in [-0.39, 0.29) is 0 Å². The molecule has 2 bridgehead atoms. The second kappa shape index (κ2) is 5.65. The molecule has 2 N–H and O–H groups in total. The van der Waals surface area contributed by atoms with E-state index >= 15 is 0 Å². The molecule has 0 aliphatic heterocycles. The van der Waals surface area contributed by atoms with Crippen molar-refractivity contribution < 1.29 is 0 Å². The highest BCUT2D eigenvalue weighted by molar-refractivity contribution is 7.80. The van der Waals surface area contributed by atoms with Crippen LogP contribution in [0.4, 0.5) is 0 Å². The van der Waals surface area contributed by atoms with Crippen molar-refractivity contribution in [3.05, 3.63) is 0 Å². The monoisotopic (exact) mass is 322 g/mol. The van der Waals surface area contributed by atoms with Crippen LogP contribution in [0.1, 0.15) is 73.1 Å². The number of hydrogen-bond donors (Lipinski definition) is 2. The van der Waals surface area contributed by atoms with Gasteiger partial charge in [0.05, 0.1) is 0 Å². The number of hydrogen-bond acceptors (Lipinski definition) is 1. The minimum Gasteiger partial charge on any atom is -0.359 e. The Labute approximate surface area is 142 Å². The van der Waals surface area contributed by atoms with Crippen molar-refractivity contribution in [2.45, 2.75) is 85.2 Å². The molecule has 0 aromatic rings. The lowest BCUT2D eigenvalue weighted by atomic mass is 9.69. The topological polar surface area (TPSA) is 24.1 Å². The Balaban J connectivity index is 1.61. The fourth-order valence-electron chi connectivity index (χ4n) is 5.74. The molecule has 126 valence electrons. The summed E-state index contributed by atoms with van der Waals surface area (Å²) < 4.78 is 0. The van der Waals surface area contributed by atoms with Crippen LogP contribution in [-0.2, 0) is 0 Å². The minimum absolute atomic E-state index is 0.396. The molecule has 0 spiro atoms. The Kier molecular flexibility index (Phi) is 4.25. The Hall–Kier alpha value is -0.310. The van der Waals surface area contributed by atoms with Gasteiger partial charge >= 0.3 is 0 Å². The average Bonchev–Trinajstić information content (AvgIpc) is 2.76. The Bertz CT molecular complexity index is 437. The number of rotatable bonds is 2. The molecule has 5 atom stereocenters. The van der Waals surface area contributed by atoms with E-state index in [9.17, 15) is 0 Å². The molecular formula is C19H34N2S. The van der Waals surface area contributed by atoms with Crippen LogP contribution in [0.5, 0.6) is 0 Å². The summed E-state index contributed by atoms with van der Waals surface area (Å²) in [7, 11) is 0. The summed E-state index contributed by atoms with van der Waals surface area (Å²) in [5.74, 6) is 2.33. The van der Waals surface area contributed by atoms with E-state index in [2.05, 4.69) is 45.3 Å². The molecule has 3 aliphatic carbocycles. The SMILES string of the molecule is CC1CCCC(C)C1NC(=S)NC1CC2CCC1(C)C2(C)C. The summed E-state index contributed by atoms with van der Waals surface area (Å²) in [6, 6.07) is 1.10. The van der Waals surface area contributed by atoms with Gasteiger partial charge in [-0.3, -0.25) is 0 Å². The lowest BCUT2D eigenvalue weighted by Gasteiger charge is -2.41. The van der Waals surface area contributed by atoms with E-state index < -0.39 is 0 Å². The van der Waals surface area contributed by atoms with Gasteiger partial charge in [-0.25, -0.2) is 0 Å². The average molecular weight is 323 g/mol. The van der Waals surface area contributed by atoms with Crippen molar-refractivity contribution in [1.29, 1.82) is 0 Å². The van der Waals surface area contributed by atoms with Gasteiger partial charge in [0.2, 0.25) is 0 Å². The fraction of sp³-hybridized carbons (Fsp3) is 0.947. The molecule has 3 heteroatoms. The smallest absolute Gasteiger partial charge is 0.166 e. The minimum atomic E-state index is 0.396. The van der Waals surface area contributed by atoms with Crippen LogP contribution in [0, 0.1) is 28.6 Å². The third-order valence-corrected chi connectivity index (χ3v) is 8.18. The van der Waals surface area contributed by atoms with Crippen LogP contribution in [0.3, 0.4) is 0 Å². The van der Waals surface area contributed by atoms with Crippen LogP contribution in [0.2, 0.25) is 0 Å². The summed E-state index contributed by atoms with van der Waals surface area (Å²) in [5.41, 5.74) is 0.846. The first-order valence-electron chi connectivity index (χ1n) is 9.32. The van der Waals surface area contributed by atoms with Crippen molar-refractivity contribution >= 4 is 17.3 Å². The third-order valence-electron chi connectivity index (χ3n) is 7.94. The molecule has 3 fully saturated rings. The molecule has 0 amide bonds. The lowest BCUT2D eigenvalue weighted by molar-refractivity contribution is 0.128. The normalized spacial score (nSPS) is 46.5. The molecule has 0 radical (unpaired) electrons. The van der Waals surface area contributed by atoms with Crippen LogP contribution in [0.15, 0.2) is 0 Å². The quantitative estimate of drug-likeness (QED) is 0.733. The highest BCUT2D eigenvalue weighted by atomic mass is 32.1. The van der Waals surface area contributed by atoms with Gasteiger partial charge in [0, 0.05) is 12.1 Å². The maximum atomic E-state index is 5.70. The molecule has 3 aliphatic rings. The van der Waals surface area contributed by atoms with Gasteiger partial charge in [0.15, 0.2) is 5.11 Å². The maximum absolute atomic E-state index is 5.70. The molecule has 0 aromatic heterocycles. The van der Waals surface area contributed by atoms with E-state index in [1.165, 1.54) is 38.5 Å². The molecule has 3 rings (SSSR count). The number of nitrogens with one attached hydrogen (secondary N) is 2. The van der Waals surface area contributed by atoms with Gasteiger partial charge < -0.3 is 10.6 Å². The molecule has 0 saturated heterocycles. The second-order valence-corrected chi connectivity index (χ2v) is 9.60. The van der Waals surface area contributed by atoms with Gasteiger partial charge in [0.1, 0.15) is 0 Å². The first kappa shape index (κ1) is 16.5. The predicted octanol–water partition coefficient (Wildman–Crippen LogP) is 4.49. The first-order chi connectivity index (χ1) is 10.3. The third kappa shape index (κ3) is 2.48. The molecular weight excluding hydrogens is 288 g/mol.